The van der Waals surface area contributed by atoms with E-state index in [2.05, 4.69) is 5.32 Å². The van der Waals surface area contributed by atoms with Crippen molar-refractivity contribution >= 4 is 18.0 Å². The molecule has 1 aromatic carbocycles. The van der Waals surface area contributed by atoms with Crippen molar-refractivity contribution in [2.24, 2.45) is 5.73 Å². The summed E-state index contributed by atoms with van der Waals surface area (Å²) < 4.78 is 9.97. The second-order valence-corrected chi connectivity index (χ2v) is 6.88. The number of hydrogen-bond acceptors (Lipinski definition) is 5. The second kappa shape index (κ2) is 8.00. The van der Waals surface area contributed by atoms with Crippen molar-refractivity contribution in [1.82, 2.24) is 5.32 Å². The minimum absolute atomic E-state index is 0.211. The third-order valence-electron chi connectivity index (χ3n) is 3.57. The summed E-state index contributed by atoms with van der Waals surface area (Å²) in [5.41, 5.74) is 7.46. The van der Waals surface area contributed by atoms with Crippen LogP contribution in [0.5, 0.6) is 0 Å². The first-order valence-electron chi connectivity index (χ1n) is 7.92. The molecule has 0 bridgehead atoms. The zero-order valence-electron chi connectivity index (χ0n) is 15.6. The molecule has 1 aromatic rings. The monoisotopic (exact) mass is 350 g/mol. The van der Waals surface area contributed by atoms with E-state index >= 15 is 0 Å². The molecule has 3 N–H and O–H groups in total. The van der Waals surface area contributed by atoms with E-state index in [0.717, 1.165) is 16.7 Å². The largest absolute Gasteiger partial charge is 0.467 e. The van der Waals surface area contributed by atoms with Crippen molar-refractivity contribution < 1.29 is 23.9 Å². The van der Waals surface area contributed by atoms with Crippen molar-refractivity contribution in [2.45, 2.75) is 52.7 Å². The van der Waals surface area contributed by atoms with Crippen LogP contribution in [0.2, 0.25) is 0 Å². The topological polar surface area (TPSA) is 108 Å². The van der Waals surface area contributed by atoms with Crippen molar-refractivity contribution in [3.63, 3.8) is 0 Å². The third-order valence-corrected chi connectivity index (χ3v) is 3.57. The molecular formula is C18H26N2O5. The Labute approximate surface area is 147 Å². The first-order valence-corrected chi connectivity index (χ1v) is 7.92. The first kappa shape index (κ1) is 20.5. The van der Waals surface area contributed by atoms with Crippen LogP contribution in [0.15, 0.2) is 12.1 Å². The van der Waals surface area contributed by atoms with E-state index in [1.54, 1.807) is 32.9 Å². The summed E-state index contributed by atoms with van der Waals surface area (Å²) in [7, 11) is 1.25. The molecule has 0 aromatic heterocycles. The maximum absolute atomic E-state index is 12.0. The van der Waals surface area contributed by atoms with Crippen molar-refractivity contribution in [1.29, 1.82) is 0 Å². The molecule has 0 saturated heterocycles. The van der Waals surface area contributed by atoms with Crippen molar-refractivity contribution in [3.05, 3.63) is 34.4 Å². The summed E-state index contributed by atoms with van der Waals surface area (Å²) in [6.07, 6.45) is -0.491. The Kier molecular flexibility index (Phi) is 6.55. The van der Waals surface area contributed by atoms with E-state index in [4.69, 9.17) is 15.2 Å². The minimum atomic E-state index is -0.906. The van der Waals surface area contributed by atoms with Crippen molar-refractivity contribution in [2.75, 3.05) is 7.11 Å². The number of nitrogens with one attached hydrogen (secondary N) is 1. The average Bonchev–Trinajstić information content (AvgIpc) is 2.46. The van der Waals surface area contributed by atoms with Crippen LogP contribution >= 0.6 is 0 Å². The highest BCUT2D eigenvalue weighted by atomic mass is 16.6. The molecule has 7 heteroatoms. The van der Waals surface area contributed by atoms with E-state index in [9.17, 15) is 14.4 Å². The van der Waals surface area contributed by atoms with Crippen LogP contribution in [0.4, 0.5) is 4.79 Å². The Morgan fingerprint density at radius 2 is 1.68 bits per heavy atom. The highest BCUT2D eigenvalue weighted by molar-refractivity contribution is 5.93. The number of aryl methyl sites for hydroxylation is 2. The molecular weight excluding hydrogens is 324 g/mol. The lowest BCUT2D eigenvalue weighted by Gasteiger charge is -2.23. The molecule has 1 rings (SSSR count). The van der Waals surface area contributed by atoms with Gasteiger partial charge in [-0.05, 0) is 63.4 Å². The number of primary amides is 1. The number of carbonyl (C=O) groups is 3. The molecule has 25 heavy (non-hydrogen) atoms. The van der Waals surface area contributed by atoms with Crippen LogP contribution in [-0.4, -0.2) is 36.7 Å². The molecule has 2 amide bonds. The van der Waals surface area contributed by atoms with E-state index in [0.29, 0.717) is 5.56 Å². The smallest absolute Gasteiger partial charge is 0.408 e. The molecule has 0 heterocycles. The van der Waals surface area contributed by atoms with Gasteiger partial charge in [0.15, 0.2) is 0 Å². The number of benzene rings is 1. The highest BCUT2D eigenvalue weighted by Crippen LogP contribution is 2.19. The number of amides is 2. The quantitative estimate of drug-likeness (QED) is 0.790. The normalized spacial score (nSPS) is 12.2. The second-order valence-electron chi connectivity index (χ2n) is 6.88. The molecule has 0 fully saturated rings. The number of rotatable bonds is 5. The van der Waals surface area contributed by atoms with Gasteiger partial charge >= 0.3 is 12.1 Å². The summed E-state index contributed by atoms with van der Waals surface area (Å²) in [4.78, 5) is 35.4. The van der Waals surface area contributed by atoms with Gasteiger partial charge < -0.3 is 20.5 Å². The molecule has 0 aliphatic heterocycles. The highest BCUT2D eigenvalue weighted by Gasteiger charge is 2.26. The number of hydrogen-bond donors (Lipinski definition) is 2. The number of nitrogens with two attached hydrogens (primary N) is 1. The average molecular weight is 350 g/mol. The maximum atomic E-state index is 12.0. The number of methoxy groups -OCH3 is 1. The summed E-state index contributed by atoms with van der Waals surface area (Å²) >= 11 is 0. The van der Waals surface area contributed by atoms with Crippen LogP contribution in [0.1, 0.15) is 47.8 Å². The fourth-order valence-corrected chi connectivity index (χ4v) is 2.45. The summed E-state index contributed by atoms with van der Waals surface area (Å²) in [6.45, 7) is 8.83. The molecule has 0 aliphatic rings. The molecule has 0 radical (unpaired) electrons. The van der Waals surface area contributed by atoms with Gasteiger partial charge in [-0.25, -0.2) is 9.59 Å². The van der Waals surface area contributed by atoms with E-state index in [1.807, 2.05) is 13.8 Å². The molecule has 7 nitrogen and oxygen atoms in total. The van der Waals surface area contributed by atoms with Crippen LogP contribution in [0, 0.1) is 13.8 Å². The Morgan fingerprint density at radius 3 is 2.08 bits per heavy atom. The fourth-order valence-electron chi connectivity index (χ4n) is 2.45. The molecule has 1 atom stereocenters. The molecule has 0 spiro atoms. The van der Waals surface area contributed by atoms with Gasteiger partial charge in [0.1, 0.15) is 11.6 Å². The molecule has 0 aliphatic carbocycles. The summed E-state index contributed by atoms with van der Waals surface area (Å²) in [6, 6.07) is 2.41. The van der Waals surface area contributed by atoms with E-state index in [1.165, 1.54) is 7.11 Å². The molecule has 1 unspecified atom stereocenters. The Bertz CT molecular complexity index is 654. The Balaban J connectivity index is 3.05. The number of carbonyl (C=O) groups excluding carboxylic acids is 3. The predicted molar refractivity (Wildman–Crippen MR) is 93.3 cm³/mol. The SMILES string of the molecule is COC(=O)C(Cc1c(C)cc(C(N)=O)cc1C)NC(=O)OC(C)(C)C. The minimum Gasteiger partial charge on any atom is -0.467 e. The first-order chi connectivity index (χ1) is 11.4. The van der Waals surface area contributed by atoms with Gasteiger partial charge in [0.05, 0.1) is 7.11 Å². The fraction of sp³-hybridized carbons (Fsp3) is 0.500. The maximum Gasteiger partial charge on any atom is 0.408 e. The lowest BCUT2D eigenvalue weighted by Crippen LogP contribution is -2.45. The lowest BCUT2D eigenvalue weighted by atomic mass is 9.94. The molecule has 138 valence electrons. The van der Waals surface area contributed by atoms with Crippen molar-refractivity contribution in [3.8, 4) is 0 Å². The number of ether oxygens (including phenoxy) is 2. The summed E-state index contributed by atoms with van der Waals surface area (Å²) in [5.74, 6) is -1.10. The zero-order valence-corrected chi connectivity index (χ0v) is 15.6. The Hall–Kier alpha value is -2.57. The van der Waals surface area contributed by atoms with Crippen LogP contribution in [0.25, 0.3) is 0 Å². The third kappa shape index (κ3) is 6.10. The van der Waals surface area contributed by atoms with Gasteiger partial charge in [0, 0.05) is 12.0 Å². The van der Waals surface area contributed by atoms with Gasteiger partial charge in [0.2, 0.25) is 5.91 Å². The zero-order chi connectivity index (χ0) is 19.4. The summed E-state index contributed by atoms with van der Waals surface area (Å²) in [5, 5.41) is 2.54. The number of esters is 1. The number of alkyl carbamates (subject to hydrolysis) is 1. The molecule has 0 saturated carbocycles. The van der Waals surface area contributed by atoms with Crippen LogP contribution in [0.3, 0.4) is 0 Å². The van der Waals surface area contributed by atoms with E-state index < -0.39 is 29.6 Å². The van der Waals surface area contributed by atoms with Gasteiger partial charge in [0.25, 0.3) is 0 Å². The predicted octanol–water partition coefficient (Wildman–Crippen LogP) is 2.01. The van der Waals surface area contributed by atoms with Crippen LogP contribution < -0.4 is 11.1 Å². The van der Waals surface area contributed by atoms with Crippen LogP contribution in [-0.2, 0) is 20.7 Å². The van der Waals surface area contributed by atoms with Gasteiger partial charge in [-0.1, -0.05) is 0 Å². The Morgan fingerprint density at radius 1 is 1.16 bits per heavy atom. The lowest BCUT2D eigenvalue weighted by molar-refractivity contribution is -0.143. The van der Waals surface area contributed by atoms with Gasteiger partial charge in [-0.3, -0.25) is 4.79 Å². The van der Waals surface area contributed by atoms with Gasteiger partial charge in [-0.2, -0.15) is 0 Å². The standard InChI is InChI=1S/C18H26N2O5/c1-10-7-12(15(19)21)8-11(2)13(10)9-14(16(22)24-6)20-17(23)25-18(3,4)5/h7-8,14H,9H2,1-6H3,(H2,19,21)(H,20,23). The van der Waals surface area contributed by atoms with Gasteiger partial charge in [-0.15, -0.1) is 0 Å². The van der Waals surface area contributed by atoms with E-state index in [-0.39, 0.29) is 6.42 Å².